The molecule has 0 saturated carbocycles. The minimum Gasteiger partial charge on any atom is -0.480 e. The summed E-state index contributed by atoms with van der Waals surface area (Å²) in [5.74, 6) is -1.84. The Morgan fingerprint density at radius 1 is 1.30 bits per heavy atom. The Hall–Kier alpha value is -1.93. The third-order valence-corrected chi connectivity index (χ3v) is 3.19. The van der Waals surface area contributed by atoms with Gasteiger partial charge in [-0.05, 0) is 24.4 Å². The third-order valence-electron chi connectivity index (χ3n) is 2.33. The Kier molecular flexibility index (Phi) is 6.68. The molecule has 0 unspecified atom stereocenters. The van der Waals surface area contributed by atoms with Crippen LogP contribution in [-0.2, 0) is 9.59 Å². The summed E-state index contributed by atoms with van der Waals surface area (Å²) in [6, 6.07) is 3.37. The molecule has 0 atom stereocenters. The molecule has 0 aliphatic rings. The second kappa shape index (κ2) is 8.28. The van der Waals surface area contributed by atoms with Gasteiger partial charge in [-0.25, -0.2) is 0 Å². The third kappa shape index (κ3) is 5.81. The number of carboxylic acid groups (broad SMARTS) is 1. The minimum atomic E-state index is -0.992. The number of nitrogens with one attached hydrogen (secondary N) is 2. The molecule has 1 aromatic heterocycles. The molecule has 7 nitrogen and oxygen atoms in total. The fraction of sp³-hybridized carbons (Fsp3) is 0.417. The van der Waals surface area contributed by atoms with E-state index in [1.54, 1.807) is 17.5 Å². The van der Waals surface area contributed by atoms with Crippen molar-refractivity contribution in [2.45, 2.75) is 13.3 Å². The van der Waals surface area contributed by atoms with Gasteiger partial charge in [0.1, 0.15) is 0 Å². The number of thiophene rings is 1. The van der Waals surface area contributed by atoms with Crippen LogP contribution in [0.4, 0.5) is 0 Å². The highest BCUT2D eigenvalue weighted by molar-refractivity contribution is 7.12. The zero-order valence-electron chi connectivity index (χ0n) is 11.1. The van der Waals surface area contributed by atoms with Crippen molar-refractivity contribution in [3.05, 3.63) is 22.4 Å². The van der Waals surface area contributed by atoms with Gasteiger partial charge < -0.3 is 5.11 Å². The molecule has 0 aromatic carbocycles. The molecule has 0 radical (unpaired) electrons. The maximum absolute atomic E-state index is 11.6. The van der Waals surface area contributed by atoms with Gasteiger partial charge in [-0.1, -0.05) is 13.0 Å². The molecule has 20 heavy (non-hydrogen) atoms. The Bertz CT molecular complexity index is 461. The lowest BCUT2D eigenvalue weighted by Gasteiger charge is -2.18. The maximum atomic E-state index is 11.6. The van der Waals surface area contributed by atoms with E-state index in [0.717, 1.165) is 6.42 Å². The number of hydrogen-bond acceptors (Lipinski definition) is 5. The second-order valence-electron chi connectivity index (χ2n) is 4.08. The molecule has 8 heteroatoms. The van der Waals surface area contributed by atoms with E-state index in [0.29, 0.717) is 11.4 Å². The van der Waals surface area contributed by atoms with Gasteiger partial charge in [0, 0.05) is 0 Å². The van der Waals surface area contributed by atoms with Crippen molar-refractivity contribution in [1.82, 2.24) is 15.8 Å². The molecule has 1 rings (SSSR count). The van der Waals surface area contributed by atoms with E-state index in [4.69, 9.17) is 5.11 Å². The molecule has 0 bridgehead atoms. The quantitative estimate of drug-likeness (QED) is 0.629. The summed E-state index contributed by atoms with van der Waals surface area (Å²) in [5.41, 5.74) is 4.55. The van der Waals surface area contributed by atoms with Crippen molar-refractivity contribution in [1.29, 1.82) is 0 Å². The molecular formula is C12H17N3O4S. The van der Waals surface area contributed by atoms with E-state index in [9.17, 15) is 14.4 Å². The van der Waals surface area contributed by atoms with Crippen LogP contribution in [0, 0.1) is 0 Å². The number of hydrogen-bond donors (Lipinski definition) is 3. The van der Waals surface area contributed by atoms with Crippen LogP contribution in [0.5, 0.6) is 0 Å². The first-order chi connectivity index (χ1) is 9.52. The van der Waals surface area contributed by atoms with Gasteiger partial charge in [0.05, 0.1) is 18.0 Å². The van der Waals surface area contributed by atoms with Gasteiger partial charge in [0.15, 0.2) is 0 Å². The van der Waals surface area contributed by atoms with Crippen molar-refractivity contribution < 1.29 is 19.5 Å². The first-order valence-electron chi connectivity index (χ1n) is 6.09. The average Bonchev–Trinajstić information content (AvgIpc) is 2.89. The fourth-order valence-electron chi connectivity index (χ4n) is 1.56. The smallest absolute Gasteiger partial charge is 0.317 e. The predicted octanol–water partition coefficient (Wildman–Crippen LogP) is 0.306. The first kappa shape index (κ1) is 16.1. The molecule has 0 aliphatic heterocycles. The minimum absolute atomic E-state index is 0.0785. The Morgan fingerprint density at radius 3 is 2.60 bits per heavy atom. The van der Waals surface area contributed by atoms with Crippen molar-refractivity contribution in [3.8, 4) is 0 Å². The van der Waals surface area contributed by atoms with Gasteiger partial charge in [0.2, 0.25) is 0 Å². The van der Waals surface area contributed by atoms with Gasteiger partial charge in [0.25, 0.3) is 11.8 Å². The Labute approximate surface area is 120 Å². The highest BCUT2D eigenvalue weighted by Crippen LogP contribution is 2.06. The molecule has 2 amide bonds. The van der Waals surface area contributed by atoms with Crippen molar-refractivity contribution in [2.24, 2.45) is 0 Å². The van der Waals surface area contributed by atoms with Gasteiger partial charge in [-0.15, -0.1) is 11.3 Å². The largest absolute Gasteiger partial charge is 0.480 e. The van der Waals surface area contributed by atoms with E-state index in [1.807, 2.05) is 6.92 Å². The number of nitrogens with zero attached hydrogens (tertiary/aromatic N) is 1. The van der Waals surface area contributed by atoms with Gasteiger partial charge in [-0.3, -0.25) is 30.1 Å². The van der Waals surface area contributed by atoms with E-state index < -0.39 is 17.8 Å². The Morgan fingerprint density at radius 2 is 2.05 bits per heavy atom. The van der Waals surface area contributed by atoms with E-state index in [1.165, 1.54) is 16.2 Å². The number of hydrazine groups is 1. The van der Waals surface area contributed by atoms with Crippen LogP contribution in [0.3, 0.4) is 0 Å². The summed E-state index contributed by atoms with van der Waals surface area (Å²) in [6.07, 6.45) is 0.738. The number of rotatable bonds is 7. The number of carboxylic acids is 1. The van der Waals surface area contributed by atoms with E-state index in [2.05, 4.69) is 10.9 Å². The molecule has 0 spiro atoms. The van der Waals surface area contributed by atoms with E-state index in [-0.39, 0.29) is 13.1 Å². The van der Waals surface area contributed by atoms with Crippen molar-refractivity contribution in [3.63, 3.8) is 0 Å². The van der Waals surface area contributed by atoms with Crippen LogP contribution in [0.15, 0.2) is 17.5 Å². The zero-order chi connectivity index (χ0) is 15.0. The molecule has 0 saturated heterocycles. The summed E-state index contributed by atoms with van der Waals surface area (Å²) < 4.78 is 0. The van der Waals surface area contributed by atoms with Crippen LogP contribution in [-0.4, -0.2) is 47.4 Å². The van der Waals surface area contributed by atoms with Crippen LogP contribution >= 0.6 is 11.3 Å². The molecule has 0 aliphatic carbocycles. The van der Waals surface area contributed by atoms with Crippen LogP contribution in [0.25, 0.3) is 0 Å². The molecular weight excluding hydrogens is 282 g/mol. The fourth-order valence-corrected chi connectivity index (χ4v) is 2.18. The molecule has 1 heterocycles. The molecule has 3 N–H and O–H groups in total. The first-order valence-corrected chi connectivity index (χ1v) is 6.97. The number of carbonyl (C=O) groups is 3. The van der Waals surface area contributed by atoms with Crippen molar-refractivity contribution in [2.75, 3.05) is 19.6 Å². The molecule has 1 aromatic rings. The monoisotopic (exact) mass is 299 g/mol. The Balaban J connectivity index is 2.37. The molecule has 0 fully saturated rings. The lowest BCUT2D eigenvalue weighted by molar-refractivity contribution is -0.138. The summed E-state index contributed by atoms with van der Waals surface area (Å²) in [6.45, 7) is 2.11. The number of aliphatic carboxylic acids is 1. The van der Waals surface area contributed by atoms with Gasteiger partial charge in [-0.2, -0.15) is 0 Å². The van der Waals surface area contributed by atoms with E-state index >= 15 is 0 Å². The van der Waals surface area contributed by atoms with Crippen LogP contribution in [0.1, 0.15) is 23.0 Å². The topological polar surface area (TPSA) is 98.7 Å². The standard InChI is InChI=1S/C12H17N3O4S/c1-2-5-15(8-11(17)18)7-10(16)13-14-12(19)9-4-3-6-20-9/h3-4,6H,2,5,7-8H2,1H3,(H,13,16)(H,14,19)(H,17,18). The lowest BCUT2D eigenvalue weighted by Crippen LogP contribution is -2.47. The summed E-state index contributed by atoms with van der Waals surface area (Å²) in [5, 5.41) is 10.5. The zero-order valence-corrected chi connectivity index (χ0v) is 11.9. The predicted molar refractivity (Wildman–Crippen MR) is 74.3 cm³/mol. The summed E-state index contributed by atoms with van der Waals surface area (Å²) in [7, 11) is 0. The van der Waals surface area contributed by atoms with Crippen LogP contribution in [0.2, 0.25) is 0 Å². The number of amides is 2. The summed E-state index contributed by atoms with van der Waals surface area (Å²) in [4.78, 5) is 35.8. The average molecular weight is 299 g/mol. The normalized spacial score (nSPS) is 10.3. The highest BCUT2D eigenvalue weighted by Gasteiger charge is 2.14. The van der Waals surface area contributed by atoms with Crippen LogP contribution < -0.4 is 10.9 Å². The number of carbonyl (C=O) groups excluding carboxylic acids is 2. The molecule has 110 valence electrons. The lowest BCUT2D eigenvalue weighted by atomic mass is 10.4. The van der Waals surface area contributed by atoms with Crippen molar-refractivity contribution >= 4 is 29.1 Å². The van der Waals surface area contributed by atoms with Gasteiger partial charge >= 0.3 is 5.97 Å². The maximum Gasteiger partial charge on any atom is 0.317 e. The highest BCUT2D eigenvalue weighted by atomic mass is 32.1. The second-order valence-corrected chi connectivity index (χ2v) is 5.03. The SMILES string of the molecule is CCCN(CC(=O)O)CC(=O)NNC(=O)c1cccs1. The summed E-state index contributed by atoms with van der Waals surface area (Å²) >= 11 is 1.26.